The first-order chi connectivity index (χ1) is 21.1. The molecule has 4 aliphatic heterocycles. The highest BCUT2D eigenvalue weighted by atomic mass is 32.2. The van der Waals surface area contributed by atoms with Crippen LogP contribution in [0.25, 0.3) is 0 Å². The third kappa shape index (κ3) is 5.92. The van der Waals surface area contributed by atoms with Crippen LogP contribution in [0.1, 0.15) is 38.5 Å². The number of morpholine rings is 1. The molecule has 10 nitrogen and oxygen atoms in total. The number of ketones is 1. The maximum absolute atomic E-state index is 16.1. The number of carbonyl (C=O) groups excluding carboxylic acids is 2. The number of thioether (sulfide) groups is 1. The van der Waals surface area contributed by atoms with Crippen LogP contribution in [0.3, 0.4) is 0 Å². The second-order valence-corrected chi connectivity index (χ2v) is 14.2. The van der Waals surface area contributed by atoms with Gasteiger partial charge in [0, 0.05) is 80.3 Å². The van der Waals surface area contributed by atoms with Gasteiger partial charge < -0.3 is 24.8 Å². The normalized spacial score (nSPS) is 34.8. The maximum Gasteiger partial charge on any atom is 0.259 e. The van der Waals surface area contributed by atoms with Gasteiger partial charge in [-0.3, -0.25) is 14.5 Å². The van der Waals surface area contributed by atoms with Crippen LogP contribution in [0.15, 0.2) is 30.2 Å². The molecule has 0 radical (unpaired) electrons. The van der Waals surface area contributed by atoms with Gasteiger partial charge in [-0.05, 0) is 44.8 Å². The van der Waals surface area contributed by atoms with Gasteiger partial charge >= 0.3 is 0 Å². The van der Waals surface area contributed by atoms with E-state index in [0.717, 1.165) is 65.1 Å². The number of anilines is 1. The van der Waals surface area contributed by atoms with E-state index in [1.807, 2.05) is 18.0 Å². The summed E-state index contributed by atoms with van der Waals surface area (Å²) in [6.45, 7) is 7.47. The van der Waals surface area contributed by atoms with E-state index in [-0.39, 0.29) is 41.0 Å². The number of rotatable bonds is 7. The van der Waals surface area contributed by atoms with Crippen molar-refractivity contribution < 1.29 is 18.7 Å². The lowest BCUT2D eigenvalue weighted by molar-refractivity contribution is -0.134. The summed E-state index contributed by atoms with van der Waals surface area (Å²) in [5.74, 6) is -0.192. The molecule has 2 aliphatic carbocycles. The minimum atomic E-state index is -1.11. The van der Waals surface area contributed by atoms with Crippen molar-refractivity contribution in [3.63, 3.8) is 0 Å². The molecule has 0 spiro atoms. The van der Waals surface area contributed by atoms with E-state index in [0.29, 0.717) is 43.4 Å². The van der Waals surface area contributed by atoms with Gasteiger partial charge in [0.25, 0.3) is 5.91 Å². The minimum absolute atomic E-state index is 0.0113. The second kappa shape index (κ2) is 13.0. The van der Waals surface area contributed by atoms with Crippen LogP contribution < -0.4 is 10.2 Å². The summed E-state index contributed by atoms with van der Waals surface area (Å²) in [5.41, 5.74) is 0.254. The number of alkyl halides is 1. The molecule has 2 saturated carbocycles. The molecule has 6 aliphatic rings. The van der Waals surface area contributed by atoms with Crippen molar-refractivity contribution in [3.8, 4) is 0 Å². The minimum Gasteiger partial charge on any atom is -0.379 e. The van der Waals surface area contributed by atoms with Gasteiger partial charge in [-0.25, -0.2) is 14.4 Å². The average molecular weight is 614 g/mol. The molecule has 7 unspecified atom stereocenters. The molecule has 1 N–H and O–H groups in total. The molecule has 12 heteroatoms. The number of halogens is 1. The van der Waals surface area contributed by atoms with Crippen LogP contribution in [0, 0.1) is 5.92 Å². The largest absolute Gasteiger partial charge is 0.379 e. The average Bonchev–Trinajstić information content (AvgIpc) is 3.06. The van der Waals surface area contributed by atoms with E-state index in [1.54, 1.807) is 23.4 Å². The molecule has 1 aromatic heterocycles. The molecule has 0 aromatic carbocycles. The fourth-order valence-corrected chi connectivity index (χ4v) is 10.2. The highest BCUT2D eigenvalue weighted by molar-refractivity contribution is 8.00. The Kier molecular flexibility index (Phi) is 8.89. The topological polar surface area (TPSA) is 94.1 Å². The summed E-state index contributed by atoms with van der Waals surface area (Å²) >= 11 is 1.93. The van der Waals surface area contributed by atoms with Crippen molar-refractivity contribution in [3.05, 3.63) is 30.2 Å². The van der Waals surface area contributed by atoms with Crippen molar-refractivity contribution in [2.75, 3.05) is 70.5 Å². The van der Waals surface area contributed by atoms with Crippen LogP contribution in [0.5, 0.6) is 0 Å². The van der Waals surface area contributed by atoms with E-state index >= 15 is 4.39 Å². The lowest BCUT2D eigenvalue weighted by Crippen LogP contribution is -2.70. The molecular weight excluding hydrogens is 569 g/mol. The monoisotopic (exact) mass is 613 g/mol. The van der Waals surface area contributed by atoms with Gasteiger partial charge in [0.2, 0.25) is 5.95 Å². The molecule has 0 bridgehead atoms. The number of amides is 1. The number of Topliss-reactive ketones (excluding diaryl/α,β-unsaturated/α-hetero) is 1. The predicted octanol–water partition coefficient (Wildman–Crippen LogP) is 1.73. The van der Waals surface area contributed by atoms with Crippen molar-refractivity contribution in [2.45, 2.75) is 73.3 Å². The molecule has 5 fully saturated rings. The van der Waals surface area contributed by atoms with E-state index in [9.17, 15) is 9.59 Å². The number of piperazine rings is 1. The molecule has 43 heavy (non-hydrogen) atoms. The van der Waals surface area contributed by atoms with Crippen LogP contribution in [0.2, 0.25) is 0 Å². The number of carbonyl (C=O) groups is 2. The Hall–Kier alpha value is -2.28. The zero-order valence-electron chi connectivity index (χ0n) is 24.9. The third-order valence-electron chi connectivity index (χ3n) is 10.3. The lowest BCUT2D eigenvalue weighted by atomic mass is 9.72. The van der Waals surface area contributed by atoms with Crippen molar-refractivity contribution in [1.29, 1.82) is 0 Å². The standard InChI is InChI=1S/C31H44FN7O3S/c32-23-19-21-27-29(26(23)33-9-4-10-36-15-17-42-18-16-36)43-25-6-2-1-5-24(25)39(27)20-22(28(21)40)30(41)37-11-13-38(14-12-37)31-34-7-3-8-35-31/h3,7-8,20-21,23-27,29,33H,1-2,4-6,9-19H2. The lowest BCUT2D eigenvalue weighted by Gasteiger charge is -2.59. The quantitative estimate of drug-likeness (QED) is 0.362. The summed E-state index contributed by atoms with van der Waals surface area (Å²) in [7, 11) is 0. The number of hydrogen-bond acceptors (Lipinski definition) is 10. The number of nitrogens with zero attached hydrogens (tertiary/aromatic N) is 6. The maximum atomic E-state index is 16.1. The fraction of sp³-hybridized carbons (Fsp3) is 0.742. The van der Waals surface area contributed by atoms with Gasteiger partial charge in [-0.2, -0.15) is 0 Å². The summed E-state index contributed by atoms with van der Waals surface area (Å²) in [6.07, 6.45) is 9.88. The summed E-state index contributed by atoms with van der Waals surface area (Å²) in [4.78, 5) is 45.2. The Bertz CT molecular complexity index is 1180. The Morgan fingerprint density at radius 2 is 1.84 bits per heavy atom. The second-order valence-electron chi connectivity index (χ2n) is 12.8. The van der Waals surface area contributed by atoms with E-state index in [1.165, 1.54) is 6.42 Å². The van der Waals surface area contributed by atoms with Crippen molar-refractivity contribution >= 4 is 29.4 Å². The first-order valence-corrected chi connectivity index (χ1v) is 17.2. The van der Waals surface area contributed by atoms with Gasteiger partial charge in [-0.1, -0.05) is 12.8 Å². The van der Waals surface area contributed by atoms with Gasteiger partial charge in [-0.15, -0.1) is 11.8 Å². The first-order valence-electron chi connectivity index (χ1n) is 16.3. The highest BCUT2D eigenvalue weighted by Gasteiger charge is 2.58. The smallest absolute Gasteiger partial charge is 0.259 e. The van der Waals surface area contributed by atoms with E-state index < -0.39 is 12.1 Å². The fourth-order valence-electron chi connectivity index (χ4n) is 8.11. The molecule has 1 aromatic rings. The number of ether oxygens (including phenoxy) is 1. The predicted molar refractivity (Wildman–Crippen MR) is 164 cm³/mol. The Morgan fingerprint density at radius 1 is 1.07 bits per heavy atom. The summed E-state index contributed by atoms with van der Waals surface area (Å²) < 4.78 is 21.5. The van der Waals surface area contributed by atoms with Crippen LogP contribution in [0.4, 0.5) is 10.3 Å². The molecule has 234 valence electrons. The van der Waals surface area contributed by atoms with Crippen molar-refractivity contribution in [1.82, 2.24) is 30.0 Å². The molecule has 5 heterocycles. The molecule has 3 saturated heterocycles. The zero-order valence-corrected chi connectivity index (χ0v) is 25.7. The van der Waals surface area contributed by atoms with Gasteiger partial charge in [0.1, 0.15) is 6.17 Å². The van der Waals surface area contributed by atoms with E-state index in [4.69, 9.17) is 4.74 Å². The van der Waals surface area contributed by atoms with Crippen LogP contribution >= 0.6 is 11.8 Å². The Morgan fingerprint density at radius 3 is 2.63 bits per heavy atom. The number of aromatic nitrogens is 2. The zero-order chi connectivity index (χ0) is 29.3. The first kappa shape index (κ1) is 29.4. The number of nitrogens with one attached hydrogen (secondary N) is 1. The SMILES string of the molecule is O=C1C(C(=O)N2CCN(c3ncccn3)CC2)=CN2C3CCCCC3SC3C(NCCCN4CCOCC4)C(F)CC1C32. The highest BCUT2D eigenvalue weighted by Crippen LogP contribution is 2.51. The summed E-state index contributed by atoms with van der Waals surface area (Å²) in [6, 6.07) is 1.73. The molecular formula is C31H44FN7O3S. The molecule has 1 amide bonds. The van der Waals surface area contributed by atoms with Crippen molar-refractivity contribution in [2.24, 2.45) is 5.92 Å². The third-order valence-corrected chi connectivity index (χ3v) is 12.1. The Balaban J connectivity index is 1.07. The van der Waals surface area contributed by atoms with E-state index in [2.05, 4.69) is 30.0 Å². The summed E-state index contributed by atoms with van der Waals surface area (Å²) in [5, 5.41) is 4.00. The number of fused-ring (bicyclic) bond motifs is 2. The van der Waals surface area contributed by atoms with Crippen LogP contribution in [-0.2, 0) is 14.3 Å². The number of hydrogen-bond donors (Lipinski definition) is 1. The van der Waals surface area contributed by atoms with Gasteiger partial charge in [0.15, 0.2) is 5.78 Å². The van der Waals surface area contributed by atoms with Crippen LogP contribution in [-0.4, -0.2) is 137 Å². The van der Waals surface area contributed by atoms with Gasteiger partial charge in [0.05, 0.1) is 30.9 Å². The Labute approximate surface area is 257 Å². The molecule has 7 atom stereocenters. The molecule has 7 rings (SSSR count).